The van der Waals surface area contributed by atoms with E-state index in [-0.39, 0.29) is 5.56 Å². The van der Waals surface area contributed by atoms with Crippen molar-refractivity contribution >= 4 is 56.8 Å². The van der Waals surface area contributed by atoms with E-state index in [1.54, 1.807) is 36.3 Å². The maximum atomic E-state index is 12.7. The molecule has 0 amide bonds. The van der Waals surface area contributed by atoms with Crippen LogP contribution in [-0.4, -0.2) is 19.1 Å². The zero-order valence-corrected chi connectivity index (χ0v) is 22.0. The van der Waals surface area contributed by atoms with Gasteiger partial charge >= 0.3 is 0 Å². The first kappa shape index (κ1) is 23.1. The molecule has 5 nitrogen and oxygen atoms in total. The van der Waals surface area contributed by atoms with E-state index in [9.17, 15) is 4.79 Å². The molecule has 1 atom stereocenters. The average Bonchev–Trinajstić information content (AvgIpc) is 3.27. The first-order chi connectivity index (χ1) is 16.3. The molecular formula is C26H19Cl2IN4O. The molecule has 170 valence electrons. The van der Waals surface area contributed by atoms with Gasteiger partial charge in [-0.2, -0.15) is 0 Å². The van der Waals surface area contributed by atoms with Gasteiger partial charge in [0.15, 0.2) is 4.87 Å². The van der Waals surface area contributed by atoms with Crippen LogP contribution in [-0.2, 0) is 19.0 Å². The normalized spacial score (nSPS) is 13.2. The lowest BCUT2D eigenvalue weighted by molar-refractivity contribution is 0.729. The van der Waals surface area contributed by atoms with Crippen LogP contribution in [0.4, 0.5) is 0 Å². The van der Waals surface area contributed by atoms with Crippen molar-refractivity contribution in [3.63, 3.8) is 0 Å². The van der Waals surface area contributed by atoms with Crippen LogP contribution in [0.3, 0.4) is 0 Å². The molecule has 8 heteroatoms. The number of nitrogens with zero attached hydrogens (tertiary/aromatic N) is 4. The van der Waals surface area contributed by atoms with Crippen molar-refractivity contribution in [3.8, 4) is 11.1 Å². The smallest absolute Gasteiger partial charge is 0.251 e. The van der Waals surface area contributed by atoms with Crippen molar-refractivity contribution in [3.05, 3.63) is 115 Å². The number of hydrogen-bond acceptors (Lipinski definition) is 3. The van der Waals surface area contributed by atoms with Gasteiger partial charge in [0.25, 0.3) is 5.56 Å². The number of pyridine rings is 2. The summed E-state index contributed by atoms with van der Waals surface area (Å²) >= 11 is 16.0. The molecule has 0 saturated carbocycles. The largest absolute Gasteiger partial charge is 0.336 e. The summed E-state index contributed by atoms with van der Waals surface area (Å²) < 4.78 is 4.59. The Bertz CT molecular complexity index is 1590. The van der Waals surface area contributed by atoms with Gasteiger partial charge < -0.3 is 9.13 Å². The lowest BCUT2D eigenvalue weighted by Gasteiger charge is -2.28. The molecule has 0 aliphatic carbocycles. The first-order valence-electron chi connectivity index (χ1n) is 10.5. The van der Waals surface area contributed by atoms with Crippen molar-refractivity contribution < 1.29 is 0 Å². The minimum Gasteiger partial charge on any atom is -0.336 e. The molecule has 0 saturated heterocycles. The molecule has 3 heterocycles. The van der Waals surface area contributed by atoms with Gasteiger partial charge in [-0.1, -0.05) is 35.9 Å². The first-order valence-corrected chi connectivity index (χ1v) is 12.3. The molecule has 0 spiro atoms. The number of imidazole rings is 1. The third kappa shape index (κ3) is 3.83. The SMILES string of the molecule is Cn1cncc1[C@@](Cl)(c1ccc(I)cc1)c1ccc2c(n1)c(-c1cccc(Cl)c1)cc(=O)n2C. The highest BCUT2D eigenvalue weighted by atomic mass is 127. The van der Waals surface area contributed by atoms with Crippen molar-refractivity contribution in [2.24, 2.45) is 14.1 Å². The zero-order valence-electron chi connectivity index (χ0n) is 18.3. The molecular weight excluding hydrogens is 582 g/mol. The van der Waals surface area contributed by atoms with Gasteiger partial charge in [-0.05, 0) is 70.1 Å². The third-order valence-electron chi connectivity index (χ3n) is 5.99. The number of benzene rings is 2. The summed E-state index contributed by atoms with van der Waals surface area (Å²) in [6.07, 6.45) is 3.48. The van der Waals surface area contributed by atoms with Gasteiger partial charge in [-0.15, -0.1) is 11.6 Å². The van der Waals surface area contributed by atoms with Gasteiger partial charge in [0, 0.05) is 34.3 Å². The molecule has 0 unspecified atom stereocenters. The molecule has 34 heavy (non-hydrogen) atoms. The minimum atomic E-state index is -1.09. The van der Waals surface area contributed by atoms with Crippen LogP contribution >= 0.6 is 45.8 Å². The summed E-state index contributed by atoms with van der Waals surface area (Å²) in [5.41, 5.74) is 5.06. The summed E-state index contributed by atoms with van der Waals surface area (Å²) in [7, 11) is 3.65. The lowest BCUT2D eigenvalue weighted by atomic mass is 9.90. The number of rotatable bonds is 4. The van der Waals surface area contributed by atoms with E-state index in [0.29, 0.717) is 27.3 Å². The van der Waals surface area contributed by atoms with Gasteiger partial charge in [0.2, 0.25) is 0 Å². The number of alkyl halides is 1. The van der Waals surface area contributed by atoms with Crippen molar-refractivity contribution in [2.75, 3.05) is 0 Å². The van der Waals surface area contributed by atoms with Crippen LogP contribution in [0.25, 0.3) is 22.2 Å². The Balaban J connectivity index is 1.84. The summed E-state index contributed by atoms with van der Waals surface area (Å²) in [6, 6.07) is 20.8. The van der Waals surface area contributed by atoms with E-state index < -0.39 is 4.87 Å². The molecule has 0 aliphatic heterocycles. The molecule has 5 rings (SSSR count). The molecule has 0 aliphatic rings. The fraction of sp³-hybridized carbons (Fsp3) is 0.115. The van der Waals surface area contributed by atoms with Crippen molar-refractivity contribution in [2.45, 2.75) is 4.87 Å². The molecule has 0 fully saturated rings. The Morgan fingerprint density at radius 3 is 2.44 bits per heavy atom. The average molecular weight is 601 g/mol. The van der Waals surface area contributed by atoms with Crippen LogP contribution in [0.5, 0.6) is 0 Å². The number of halogens is 3. The van der Waals surface area contributed by atoms with Crippen LogP contribution in [0.2, 0.25) is 5.02 Å². The van der Waals surface area contributed by atoms with Gasteiger partial charge in [-0.3, -0.25) is 4.79 Å². The number of aryl methyl sites for hydroxylation is 2. The summed E-state index contributed by atoms with van der Waals surface area (Å²) in [6.45, 7) is 0. The summed E-state index contributed by atoms with van der Waals surface area (Å²) in [4.78, 5) is 21.0. The van der Waals surface area contributed by atoms with Gasteiger partial charge in [0.05, 0.1) is 34.9 Å². The predicted octanol–water partition coefficient (Wildman–Crippen LogP) is 6.12. The van der Waals surface area contributed by atoms with Crippen LogP contribution < -0.4 is 5.56 Å². The van der Waals surface area contributed by atoms with Gasteiger partial charge in [0.1, 0.15) is 0 Å². The second kappa shape index (κ2) is 8.83. The van der Waals surface area contributed by atoms with Crippen LogP contribution in [0.15, 0.2) is 84.0 Å². The maximum Gasteiger partial charge on any atom is 0.251 e. The van der Waals surface area contributed by atoms with Crippen LogP contribution in [0, 0.1) is 3.57 Å². The molecule has 0 radical (unpaired) electrons. The molecule has 5 aromatic rings. The Morgan fingerprint density at radius 1 is 1.00 bits per heavy atom. The minimum absolute atomic E-state index is 0.126. The zero-order chi connectivity index (χ0) is 24.0. The lowest BCUT2D eigenvalue weighted by Crippen LogP contribution is -2.27. The highest BCUT2D eigenvalue weighted by molar-refractivity contribution is 14.1. The number of fused-ring (bicyclic) bond motifs is 1. The maximum absolute atomic E-state index is 12.7. The Morgan fingerprint density at radius 2 is 1.76 bits per heavy atom. The van der Waals surface area contributed by atoms with E-state index in [4.69, 9.17) is 28.2 Å². The van der Waals surface area contributed by atoms with Crippen LogP contribution in [0.1, 0.15) is 17.0 Å². The Hall–Kier alpha value is -2.68. The van der Waals surface area contributed by atoms with E-state index in [2.05, 4.69) is 27.6 Å². The number of hydrogen-bond donors (Lipinski definition) is 0. The van der Waals surface area contributed by atoms with E-state index in [0.717, 1.165) is 20.4 Å². The summed E-state index contributed by atoms with van der Waals surface area (Å²) in [5.74, 6) is 0. The monoisotopic (exact) mass is 600 g/mol. The Labute approximate surface area is 220 Å². The highest BCUT2D eigenvalue weighted by Crippen LogP contribution is 2.43. The fourth-order valence-corrected chi connectivity index (χ4v) is 5.15. The standard InChI is InChI=1S/C26H19Cl2IN4O/c1-32-15-30-14-23(32)26(28,17-6-8-19(29)9-7-17)22-11-10-21-25(31-22)20(13-24(34)33(21)2)16-4-3-5-18(27)12-16/h3-15H,1-2H3/t26-/m1/s1. The topological polar surface area (TPSA) is 52.7 Å². The van der Waals surface area contributed by atoms with Crippen molar-refractivity contribution in [1.82, 2.24) is 19.1 Å². The molecule has 0 bridgehead atoms. The van der Waals surface area contributed by atoms with E-state index in [1.807, 2.05) is 66.2 Å². The predicted molar refractivity (Wildman–Crippen MR) is 146 cm³/mol. The van der Waals surface area contributed by atoms with Crippen molar-refractivity contribution in [1.29, 1.82) is 0 Å². The second-order valence-electron chi connectivity index (χ2n) is 8.08. The molecule has 2 aromatic carbocycles. The number of aromatic nitrogens is 4. The fourth-order valence-electron chi connectivity index (χ4n) is 4.19. The third-order valence-corrected chi connectivity index (χ3v) is 7.55. The Kier molecular flexibility index (Phi) is 6.00. The van der Waals surface area contributed by atoms with E-state index in [1.165, 1.54) is 0 Å². The quantitative estimate of drug-likeness (QED) is 0.184. The summed E-state index contributed by atoms with van der Waals surface area (Å²) in [5, 5.41) is 0.586. The molecule has 0 N–H and O–H groups in total. The van der Waals surface area contributed by atoms with E-state index >= 15 is 0 Å². The molecule has 3 aromatic heterocycles. The second-order valence-corrected chi connectivity index (χ2v) is 10.3. The highest BCUT2D eigenvalue weighted by Gasteiger charge is 2.38. The van der Waals surface area contributed by atoms with Gasteiger partial charge in [-0.25, -0.2) is 9.97 Å².